The molecule has 4 rings (SSSR count). The van der Waals surface area contributed by atoms with Gasteiger partial charge in [0.05, 0.1) is 18.0 Å². The quantitative estimate of drug-likeness (QED) is 0.388. The summed E-state index contributed by atoms with van der Waals surface area (Å²) in [6.07, 6.45) is -1.11. The molecule has 1 aliphatic carbocycles. The van der Waals surface area contributed by atoms with E-state index in [0.717, 1.165) is 35.8 Å². The van der Waals surface area contributed by atoms with Crippen LogP contribution in [-0.2, 0) is 15.8 Å². The van der Waals surface area contributed by atoms with Crippen LogP contribution in [0.15, 0.2) is 42.9 Å². The molecular weight excluding hydrogens is 464 g/mol. The van der Waals surface area contributed by atoms with Gasteiger partial charge in [0, 0.05) is 30.6 Å². The van der Waals surface area contributed by atoms with E-state index in [-0.39, 0.29) is 30.3 Å². The molecule has 1 saturated carbocycles. The van der Waals surface area contributed by atoms with Crippen LogP contribution in [-0.4, -0.2) is 33.1 Å². The van der Waals surface area contributed by atoms with Crippen LogP contribution >= 0.6 is 0 Å². The number of carbonyl (C=O) groups excluding carboxylic acids is 2. The number of hydrogen-bond donors (Lipinski definition) is 1. The van der Waals surface area contributed by atoms with Crippen molar-refractivity contribution in [1.29, 1.82) is 0 Å². The molecule has 3 aromatic rings. The van der Waals surface area contributed by atoms with Crippen LogP contribution in [0.4, 0.5) is 23.4 Å². The molecule has 0 amide bonds. The van der Waals surface area contributed by atoms with Crippen LogP contribution in [0, 0.1) is 25.6 Å². The van der Waals surface area contributed by atoms with Gasteiger partial charge in [-0.15, -0.1) is 0 Å². The number of hydrogen-bond acceptors (Lipinski definition) is 6. The summed E-state index contributed by atoms with van der Waals surface area (Å²) in [5.41, 5.74) is 1.96. The maximum Gasteiger partial charge on any atom is 0.417 e. The maximum absolute atomic E-state index is 13.2. The second-order valence-electron chi connectivity index (χ2n) is 8.60. The molecular formula is C25H22F4N4O2. The molecule has 1 aromatic carbocycles. The van der Waals surface area contributed by atoms with Crippen molar-refractivity contribution in [1.82, 2.24) is 15.0 Å². The van der Waals surface area contributed by atoms with Gasteiger partial charge in [-0.2, -0.15) is 13.2 Å². The summed E-state index contributed by atoms with van der Waals surface area (Å²) in [5.74, 6) is -1.64. The number of pyridine rings is 1. The summed E-state index contributed by atoms with van der Waals surface area (Å²) in [4.78, 5) is 37.7. The van der Waals surface area contributed by atoms with E-state index in [0.29, 0.717) is 23.4 Å². The highest BCUT2D eigenvalue weighted by atomic mass is 19.4. The molecule has 1 N–H and O–H groups in total. The number of anilines is 1. The van der Waals surface area contributed by atoms with Crippen LogP contribution in [0.3, 0.4) is 0 Å². The van der Waals surface area contributed by atoms with E-state index in [2.05, 4.69) is 20.3 Å². The first-order valence-corrected chi connectivity index (χ1v) is 11.0. The van der Waals surface area contributed by atoms with Gasteiger partial charge in [-0.05, 0) is 61.2 Å². The summed E-state index contributed by atoms with van der Waals surface area (Å²) >= 11 is 0. The van der Waals surface area contributed by atoms with Gasteiger partial charge in [0.2, 0.25) is 0 Å². The number of nitrogens with one attached hydrogen (secondary N) is 1. The number of nitrogens with zero attached hydrogens (tertiary/aromatic N) is 3. The third kappa shape index (κ3) is 5.21. The van der Waals surface area contributed by atoms with Crippen LogP contribution in [0.25, 0.3) is 11.4 Å². The van der Waals surface area contributed by atoms with Gasteiger partial charge < -0.3 is 5.32 Å². The van der Waals surface area contributed by atoms with E-state index in [1.165, 1.54) is 6.07 Å². The van der Waals surface area contributed by atoms with Crippen molar-refractivity contribution in [2.75, 3.05) is 11.9 Å². The SMILES string of the molecule is Cc1cc(-c2ncc(F)cn2)cc(C)c1C1C(=O)CC(CCNc2ccc(C(F)(F)F)cn2)C1=O. The number of halogens is 4. The lowest BCUT2D eigenvalue weighted by atomic mass is 9.86. The van der Waals surface area contributed by atoms with E-state index in [9.17, 15) is 27.2 Å². The first kappa shape index (κ1) is 24.4. The lowest BCUT2D eigenvalue weighted by Gasteiger charge is -2.17. The number of alkyl halides is 3. The Kier molecular flexibility index (Phi) is 6.64. The highest BCUT2D eigenvalue weighted by molar-refractivity contribution is 6.15. The minimum absolute atomic E-state index is 0.104. The average molecular weight is 486 g/mol. The zero-order chi connectivity index (χ0) is 25.3. The average Bonchev–Trinajstić information content (AvgIpc) is 3.07. The molecule has 2 unspecified atom stereocenters. The highest BCUT2D eigenvalue weighted by Crippen LogP contribution is 2.38. The second kappa shape index (κ2) is 9.52. The standard InChI is InChI=1S/C25H22F4N4O2/c1-13-7-16(24-32-11-18(26)12-33-24)8-14(2)21(13)22-19(34)9-15(23(22)35)5-6-30-20-4-3-17(10-31-20)25(27,28)29/h3-4,7-8,10-12,15,22H,5-6,9H2,1-2H3,(H,30,31). The number of aryl methyl sites for hydroxylation is 2. The van der Waals surface area contributed by atoms with E-state index < -0.39 is 29.4 Å². The Morgan fingerprint density at radius 1 is 1.00 bits per heavy atom. The first-order valence-electron chi connectivity index (χ1n) is 11.0. The Morgan fingerprint density at radius 2 is 1.66 bits per heavy atom. The van der Waals surface area contributed by atoms with Crippen molar-refractivity contribution in [2.24, 2.45) is 5.92 Å². The topological polar surface area (TPSA) is 84.8 Å². The predicted molar refractivity (Wildman–Crippen MR) is 120 cm³/mol. The molecule has 1 fully saturated rings. The lowest BCUT2D eigenvalue weighted by Crippen LogP contribution is -2.19. The Labute approximate surface area is 198 Å². The molecule has 10 heteroatoms. The first-order chi connectivity index (χ1) is 16.5. The van der Waals surface area contributed by atoms with Gasteiger partial charge in [0.1, 0.15) is 17.5 Å². The predicted octanol–water partition coefficient (Wildman–Crippen LogP) is 5.06. The van der Waals surface area contributed by atoms with Crippen LogP contribution < -0.4 is 5.32 Å². The molecule has 0 radical (unpaired) electrons. The van der Waals surface area contributed by atoms with Crippen molar-refractivity contribution < 1.29 is 27.2 Å². The Balaban J connectivity index is 1.44. The molecule has 0 bridgehead atoms. The lowest BCUT2D eigenvalue weighted by molar-refractivity contribution is -0.137. The van der Waals surface area contributed by atoms with E-state index >= 15 is 0 Å². The van der Waals surface area contributed by atoms with Gasteiger partial charge in [-0.25, -0.2) is 19.3 Å². The minimum atomic E-state index is -4.46. The fourth-order valence-corrected chi connectivity index (χ4v) is 4.46. The third-order valence-electron chi connectivity index (χ3n) is 6.11. The molecule has 6 nitrogen and oxygen atoms in total. The van der Waals surface area contributed by atoms with E-state index in [1.807, 2.05) is 0 Å². The molecule has 0 aliphatic heterocycles. The zero-order valence-corrected chi connectivity index (χ0v) is 19.0. The number of ketones is 2. The van der Waals surface area contributed by atoms with Crippen molar-refractivity contribution in [3.63, 3.8) is 0 Å². The number of rotatable bonds is 6. The molecule has 182 valence electrons. The van der Waals surface area contributed by atoms with Crippen molar-refractivity contribution >= 4 is 17.4 Å². The van der Waals surface area contributed by atoms with E-state index in [1.54, 1.807) is 26.0 Å². The molecule has 2 atom stereocenters. The van der Waals surface area contributed by atoms with Crippen LogP contribution in [0.5, 0.6) is 0 Å². The summed E-state index contributed by atoms with van der Waals surface area (Å²) in [5, 5.41) is 2.91. The number of aromatic nitrogens is 3. The Bertz CT molecular complexity index is 1230. The van der Waals surface area contributed by atoms with Crippen molar-refractivity contribution in [2.45, 2.75) is 38.8 Å². The van der Waals surface area contributed by atoms with E-state index in [4.69, 9.17) is 0 Å². The summed E-state index contributed by atoms with van der Waals surface area (Å²) < 4.78 is 51.1. The Morgan fingerprint density at radius 3 is 2.23 bits per heavy atom. The number of Topliss-reactive ketones (excluding diaryl/α,β-unsaturated/α-hetero) is 2. The largest absolute Gasteiger partial charge is 0.417 e. The smallest absolute Gasteiger partial charge is 0.370 e. The highest BCUT2D eigenvalue weighted by Gasteiger charge is 2.42. The minimum Gasteiger partial charge on any atom is -0.370 e. The fraction of sp³-hybridized carbons (Fsp3) is 0.320. The van der Waals surface area contributed by atoms with Crippen molar-refractivity contribution in [3.05, 3.63) is 70.9 Å². The molecule has 0 spiro atoms. The summed E-state index contributed by atoms with van der Waals surface area (Å²) in [6.45, 7) is 3.90. The zero-order valence-electron chi connectivity index (χ0n) is 19.0. The summed E-state index contributed by atoms with van der Waals surface area (Å²) in [7, 11) is 0. The van der Waals surface area contributed by atoms with Gasteiger partial charge in [0.15, 0.2) is 17.4 Å². The Hall–Kier alpha value is -3.69. The molecule has 2 heterocycles. The normalized spacial score (nSPS) is 18.2. The van der Waals surface area contributed by atoms with Crippen LogP contribution in [0.2, 0.25) is 0 Å². The van der Waals surface area contributed by atoms with Gasteiger partial charge in [-0.1, -0.05) is 0 Å². The molecule has 0 saturated heterocycles. The number of benzene rings is 1. The third-order valence-corrected chi connectivity index (χ3v) is 6.11. The van der Waals surface area contributed by atoms with Gasteiger partial charge in [0.25, 0.3) is 0 Å². The van der Waals surface area contributed by atoms with Crippen molar-refractivity contribution in [3.8, 4) is 11.4 Å². The monoisotopic (exact) mass is 486 g/mol. The van der Waals surface area contributed by atoms with Gasteiger partial charge in [-0.3, -0.25) is 9.59 Å². The molecule has 1 aliphatic rings. The molecule has 35 heavy (non-hydrogen) atoms. The summed E-state index contributed by atoms with van der Waals surface area (Å²) in [6, 6.07) is 5.72. The molecule has 2 aromatic heterocycles. The van der Waals surface area contributed by atoms with Gasteiger partial charge >= 0.3 is 6.18 Å². The second-order valence-corrected chi connectivity index (χ2v) is 8.60. The van der Waals surface area contributed by atoms with Crippen LogP contribution in [0.1, 0.15) is 41.0 Å². The number of carbonyl (C=O) groups is 2. The fourth-order valence-electron chi connectivity index (χ4n) is 4.46. The maximum atomic E-state index is 13.2.